The maximum Gasteiger partial charge on any atom is 0.322 e. The van der Waals surface area contributed by atoms with E-state index < -0.39 is 0 Å². The zero-order valence-corrected chi connectivity index (χ0v) is 13.7. The summed E-state index contributed by atoms with van der Waals surface area (Å²) in [6, 6.07) is 0.618. The Hall–Kier alpha value is -1.10. The second-order valence-electron chi connectivity index (χ2n) is 5.03. The number of nitrogens with zero attached hydrogens (tertiary/aromatic N) is 4. The first kappa shape index (κ1) is 17.0. The van der Waals surface area contributed by atoms with Crippen LogP contribution in [0.15, 0.2) is 0 Å². The van der Waals surface area contributed by atoms with Crippen molar-refractivity contribution in [1.29, 1.82) is 0 Å². The summed E-state index contributed by atoms with van der Waals surface area (Å²) in [5.41, 5.74) is 0. The van der Waals surface area contributed by atoms with E-state index in [9.17, 15) is 0 Å². The van der Waals surface area contributed by atoms with Crippen LogP contribution in [-0.2, 0) is 0 Å². The highest BCUT2D eigenvalue weighted by molar-refractivity contribution is 6.28. The highest BCUT2D eigenvalue weighted by Crippen LogP contribution is 2.18. The molecular weight excluding hydrogens is 276 g/mol. The minimum atomic E-state index is 0.183. The molecule has 0 unspecified atom stereocenters. The minimum Gasteiger partial charge on any atom is -0.463 e. The number of aromatic nitrogens is 3. The molecule has 1 heterocycles. The average Bonchev–Trinajstić information content (AvgIpc) is 2.40. The van der Waals surface area contributed by atoms with Crippen molar-refractivity contribution in [1.82, 2.24) is 15.0 Å². The lowest BCUT2D eigenvalue weighted by atomic mass is 10.2. The zero-order chi connectivity index (χ0) is 15.0. The minimum absolute atomic E-state index is 0.183. The van der Waals surface area contributed by atoms with E-state index in [0.717, 1.165) is 19.4 Å². The molecule has 20 heavy (non-hydrogen) atoms. The van der Waals surface area contributed by atoms with Gasteiger partial charge in [0.2, 0.25) is 11.2 Å². The molecule has 0 aromatic carbocycles. The molecule has 0 radical (unpaired) electrons. The van der Waals surface area contributed by atoms with E-state index in [2.05, 4.69) is 40.6 Å². The van der Waals surface area contributed by atoms with Gasteiger partial charge in [0, 0.05) is 12.6 Å². The molecule has 0 saturated carbocycles. The van der Waals surface area contributed by atoms with Crippen LogP contribution < -0.4 is 9.64 Å². The average molecular weight is 301 g/mol. The van der Waals surface area contributed by atoms with Gasteiger partial charge in [-0.15, -0.1) is 0 Å². The molecular formula is C14H25ClN4O. The number of unbranched alkanes of at least 4 members (excludes halogenated alkanes) is 2. The molecule has 114 valence electrons. The summed E-state index contributed by atoms with van der Waals surface area (Å²) in [5.74, 6) is 0.599. The lowest BCUT2D eigenvalue weighted by Crippen LogP contribution is -2.33. The standard InChI is InChI=1S/C14H25ClN4O/c1-5-7-8-9-19(11(3)4)13-16-12(15)17-14(18-13)20-10-6-2/h11H,5-10H2,1-4H3. The van der Waals surface area contributed by atoms with Crippen molar-refractivity contribution in [2.75, 3.05) is 18.1 Å². The lowest BCUT2D eigenvalue weighted by Gasteiger charge is -2.26. The number of halogens is 1. The maximum absolute atomic E-state index is 5.97. The Morgan fingerprint density at radius 3 is 2.45 bits per heavy atom. The Morgan fingerprint density at radius 1 is 1.10 bits per heavy atom. The summed E-state index contributed by atoms with van der Waals surface area (Å²) in [5, 5.41) is 0.183. The van der Waals surface area contributed by atoms with Gasteiger partial charge in [0.1, 0.15) is 0 Å². The van der Waals surface area contributed by atoms with Crippen molar-refractivity contribution < 1.29 is 4.74 Å². The summed E-state index contributed by atoms with van der Waals surface area (Å²) in [4.78, 5) is 14.7. The fourth-order valence-electron chi connectivity index (χ4n) is 1.83. The monoisotopic (exact) mass is 300 g/mol. The van der Waals surface area contributed by atoms with Gasteiger partial charge in [-0.3, -0.25) is 0 Å². The highest BCUT2D eigenvalue weighted by atomic mass is 35.5. The smallest absolute Gasteiger partial charge is 0.322 e. The normalized spacial score (nSPS) is 10.9. The summed E-state index contributed by atoms with van der Waals surface area (Å²) < 4.78 is 5.46. The number of rotatable bonds is 9. The first-order valence-electron chi connectivity index (χ1n) is 7.39. The van der Waals surface area contributed by atoms with Gasteiger partial charge in [-0.25, -0.2) is 0 Å². The third kappa shape index (κ3) is 5.49. The van der Waals surface area contributed by atoms with Crippen LogP contribution >= 0.6 is 11.6 Å². The fraction of sp³-hybridized carbons (Fsp3) is 0.786. The summed E-state index contributed by atoms with van der Waals surface area (Å²) in [7, 11) is 0. The SMILES string of the molecule is CCCCCN(c1nc(Cl)nc(OCCC)n1)C(C)C. The maximum atomic E-state index is 5.97. The van der Waals surface area contributed by atoms with Gasteiger partial charge < -0.3 is 9.64 Å². The number of anilines is 1. The largest absolute Gasteiger partial charge is 0.463 e. The van der Waals surface area contributed by atoms with Crippen LogP contribution in [0.5, 0.6) is 6.01 Å². The number of ether oxygens (including phenoxy) is 1. The summed E-state index contributed by atoms with van der Waals surface area (Å²) >= 11 is 5.97. The molecule has 1 aromatic heterocycles. The highest BCUT2D eigenvalue weighted by Gasteiger charge is 2.16. The Balaban J connectivity index is 2.85. The van der Waals surface area contributed by atoms with E-state index in [0.29, 0.717) is 24.6 Å². The molecule has 0 N–H and O–H groups in total. The fourth-order valence-corrected chi connectivity index (χ4v) is 1.98. The van der Waals surface area contributed by atoms with Crippen LogP contribution in [0.2, 0.25) is 5.28 Å². The van der Waals surface area contributed by atoms with Crippen LogP contribution in [0, 0.1) is 0 Å². The van der Waals surface area contributed by atoms with Gasteiger partial charge in [0.25, 0.3) is 0 Å². The van der Waals surface area contributed by atoms with Gasteiger partial charge in [-0.1, -0.05) is 26.7 Å². The van der Waals surface area contributed by atoms with Gasteiger partial charge in [0.05, 0.1) is 6.61 Å². The molecule has 0 fully saturated rings. The molecule has 0 amide bonds. The van der Waals surface area contributed by atoms with Crippen molar-refractivity contribution in [3.05, 3.63) is 5.28 Å². The molecule has 0 aliphatic heterocycles. The summed E-state index contributed by atoms with van der Waals surface area (Å²) in [6.45, 7) is 9.97. The van der Waals surface area contributed by atoms with Crippen molar-refractivity contribution in [3.63, 3.8) is 0 Å². The first-order chi connectivity index (χ1) is 9.58. The number of hydrogen-bond acceptors (Lipinski definition) is 5. The Bertz CT molecular complexity index is 401. The molecule has 6 heteroatoms. The van der Waals surface area contributed by atoms with E-state index in [1.807, 2.05) is 6.92 Å². The van der Waals surface area contributed by atoms with Crippen LogP contribution in [0.1, 0.15) is 53.4 Å². The van der Waals surface area contributed by atoms with Crippen molar-refractivity contribution in [2.45, 2.75) is 59.4 Å². The predicted molar refractivity (Wildman–Crippen MR) is 82.6 cm³/mol. The molecule has 0 aliphatic carbocycles. The predicted octanol–water partition coefficient (Wildman–Crippen LogP) is 3.72. The molecule has 0 saturated heterocycles. The van der Waals surface area contributed by atoms with E-state index in [4.69, 9.17) is 16.3 Å². The topological polar surface area (TPSA) is 51.1 Å². The second kappa shape index (κ2) is 8.95. The molecule has 0 aliphatic rings. The van der Waals surface area contributed by atoms with Gasteiger partial charge in [-0.05, 0) is 38.3 Å². The van der Waals surface area contributed by atoms with Gasteiger partial charge in [-0.2, -0.15) is 15.0 Å². The molecule has 1 aromatic rings. The molecule has 1 rings (SSSR count). The molecule has 5 nitrogen and oxygen atoms in total. The summed E-state index contributed by atoms with van der Waals surface area (Å²) in [6.07, 6.45) is 4.40. The molecule has 0 bridgehead atoms. The Morgan fingerprint density at radius 2 is 1.85 bits per heavy atom. The Kier molecular flexibility index (Phi) is 7.59. The molecule has 0 atom stereocenters. The van der Waals surface area contributed by atoms with E-state index in [-0.39, 0.29) is 5.28 Å². The quantitative estimate of drug-likeness (QED) is 0.651. The van der Waals surface area contributed by atoms with Crippen LogP contribution in [0.25, 0.3) is 0 Å². The van der Waals surface area contributed by atoms with Crippen molar-refractivity contribution in [3.8, 4) is 6.01 Å². The van der Waals surface area contributed by atoms with E-state index in [1.165, 1.54) is 12.8 Å². The van der Waals surface area contributed by atoms with Gasteiger partial charge >= 0.3 is 6.01 Å². The lowest BCUT2D eigenvalue weighted by molar-refractivity contribution is 0.291. The van der Waals surface area contributed by atoms with Crippen LogP contribution in [-0.4, -0.2) is 34.1 Å². The van der Waals surface area contributed by atoms with Crippen molar-refractivity contribution >= 4 is 17.5 Å². The first-order valence-corrected chi connectivity index (χ1v) is 7.77. The van der Waals surface area contributed by atoms with Crippen LogP contribution in [0.4, 0.5) is 5.95 Å². The second-order valence-corrected chi connectivity index (χ2v) is 5.37. The third-order valence-corrected chi connectivity index (χ3v) is 3.06. The molecule has 0 spiro atoms. The van der Waals surface area contributed by atoms with E-state index >= 15 is 0 Å². The van der Waals surface area contributed by atoms with Gasteiger partial charge in [0.15, 0.2) is 0 Å². The zero-order valence-electron chi connectivity index (χ0n) is 12.9. The van der Waals surface area contributed by atoms with Crippen LogP contribution in [0.3, 0.4) is 0 Å². The van der Waals surface area contributed by atoms with E-state index in [1.54, 1.807) is 0 Å². The third-order valence-electron chi connectivity index (χ3n) is 2.89. The van der Waals surface area contributed by atoms with Crippen molar-refractivity contribution in [2.24, 2.45) is 0 Å². The Labute approximate surface area is 126 Å². The number of hydrogen-bond donors (Lipinski definition) is 0.